The van der Waals surface area contributed by atoms with Crippen LogP contribution in [0.5, 0.6) is 0 Å². The first-order valence-electron chi connectivity index (χ1n) is 2.59. The Bertz CT molecular complexity index is 84.5. The van der Waals surface area contributed by atoms with Gasteiger partial charge in [-0.15, -0.1) is 0 Å². The van der Waals surface area contributed by atoms with Gasteiger partial charge in [-0.25, -0.2) is 0 Å². The number of nitrogens with two attached hydrogens (primary N) is 1. The molecule has 0 aromatic carbocycles. The minimum Gasteiger partial charge on any atom is -0.391 e. The molecule has 0 bridgehead atoms. The third-order valence-electron chi connectivity index (χ3n) is 0.817. The Morgan fingerprint density at radius 3 is 2.50 bits per heavy atom. The topological polar surface area (TPSA) is 35.2 Å². The molecular formula is C5H11NOS. The predicted molar refractivity (Wildman–Crippen MR) is 37.9 cm³/mol. The smallest absolute Gasteiger partial charge is 0.104 e. The van der Waals surface area contributed by atoms with Gasteiger partial charge in [0, 0.05) is 6.61 Å². The van der Waals surface area contributed by atoms with E-state index in [1.165, 1.54) is 0 Å². The molecule has 1 atom stereocenters. The lowest BCUT2D eigenvalue weighted by Crippen LogP contribution is -2.26. The van der Waals surface area contributed by atoms with Crippen molar-refractivity contribution in [3.05, 3.63) is 0 Å². The summed E-state index contributed by atoms with van der Waals surface area (Å²) in [4.78, 5) is 0.423. The Hall–Kier alpha value is -0.150. The highest BCUT2D eigenvalue weighted by Crippen LogP contribution is 1.88. The molecule has 0 aromatic rings. The fourth-order valence-corrected chi connectivity index (χ4v) is 0.400. The van der Waals surface area contributed by atoms with E-state index in [2.05, 4.69) is 12.2 Å². The summed E-state index contributed by atoms with van der Waals surface area (Å²) in [6, 6.07) is 0. The van der Waals surface area contributed by atoms with Gasteiger partial charge < -0.3 is 10.5 Å². The van der Waals surface area contributed by atoms with E-state index in [1.54, 1.807) is 0 Å². The summed E-state index contributed by atoms with van der Waals surface area (Å²) in [6.07, 6.45) is -0.0741. The van der Waals surface area contributed by atoms with Crippen LogP contribution < -0.4 is 5.73 Å². The third kappa shape index (κ3) is 2.93. The lowest BCUT2D eigenvalue weighted by molar-refractivity contribution is 0.123. The zero-order chi connectivity index (χ0) is 6.57. The van der Waals surface area contributed by atoms with E-state index in [0.29, 0.717) is 11.6 Å². The summed E-state index contributed by atoms with van der Waals surface area (Å²) in [5, 5.41) is 0. The average molecular weight is 133 g/mol. The molecule has 0 aromatic heterocycles. The van der Waals surface area contributed by atoms with Gasteiger partial charge in [-0.1, -0.05) is 12.2 Å². The molecule has 2 N–H and O–H groups in total. The molecule has 3 heteroatoms. The van der Waals surface area contributed by atoms with Crippen molar-refractivity contribution in [1.82, 2.24) is 0 Å². The molecule has 0 unspecified atom stereocenters. The summed E-state index contributed by atoms with van der Waals surface area (Å²) < 4.78 is 5.04. The van der Waals surface area contributed by atoms with Crippen LogP contribution in [0.15, 0.2) is 0 Å². The average Bonchev–Trinajstić information content (AvgIpc) is 1.67. The Labute approximate surface area is 55.0 Å². The number of thiocarbonyl (C=S) groups is 1. The van der Waals surface area contributed by atoms with Gasteiger partial charge in [0.1, 0.15) is 11.1 Å². The molecule has 48 valence electrons. The zero-order valence-corrected chi connectivity index (χ0v) is 5.99. The van der Waals surface area contributed by atoms with E-state index in [4.69, 9.17) is 10.5 Å². The first-order valence-corrected chi connectivity index (χ1v) is 3.00. The molecule has 0 aliphatic carbocycles. The van der Waals surface area contributed by atoms with Crippen LogP contribution in [0.2, 0.25) is 0 Å². The van der Waals surface area contributed by atoms with Crippen LogP contribution in [0.4, 0.5) is 0 Å². The molecule has 2 nitrogen and oxygen atoms in total. The summed E-state index contributed by atoms with van der Waals surface area (Å²) in [6.45, 7) is 4.42. The van der Waals surface area contributed by atoms with Crippen molar-refractivity contribution in [2.24, 2.45) is 5.73 Å². The second kappa shape index (κ2) is 3.80. The van der Waals surface area contributed by atoms with Crippen molar-refractivity contribution in [3.63, 3.8) is 0 Å². The molecule has 0 amide bonds. The Kier molecular flexibility index (Phi) is 3.73. The molecular weight excluding hydrogens is 122 g/mol. The minimum absolute atomic E-state index is 0.0741. The summed E-state index contributed by atoms with van der Waals surface area (Å²) in [5.41, 5.74) is 5.23. The van der Waals surface area contributed by atoms with Crippen LogP contribution in [-0.2, 0) is 4.74 Å². The molecule has 0 rings (SSSR count). The fraction of sp³-hybridized carbons (Fsp3) is 0.800. The van der Waals surface area contributed by atoms with E-state index >= 15 is 0 Å². The molecule has 0 fully saturated rings. The van der Waals surface area contributed by atoms with Crippen molar-refractivity contribution < 1.29 is 4.74 Å². The van der Waals surface area contributed by atoms with Crippen LogP contribution in [-0.4, -0.2) is 17.7 Å². The van der Waals surface area contributed by atoms with Crippen molar-refractivity contribution in [3.8, 4) is 0 Å². The molecule has 0 heterocycles. The lowest BCUT2D eigenvalue weighted by Gasteiger charge is -2.07. The maximum atomic E-state index is 5.23. The fourth-order valence-electron chi connectivity index (χ4n) is 0.332. The highest BCUT2D eigenvalue weighted by Gasteiger charge is 2.00. The number of ether oxygens (including phenoxy) is 1. The zero-order valence-electron chi connectivity index (χ0n) is 5.18. The molecule has 8 heavy (non-hydrogen) atoms. The largest absolute Gasteiger partial charge is 0.391 e. The monoisotopic (exact) mass is 133 g/mol. The molecule has 0 saturated carbocycles. The van der Waals surface area contributed by atoms with Crippen LogP contribution in [0.25, 0.3) is 0 Å². The second-order valence-electron chi connectivity index (χ2n) is 1.50. The van der Waals surface area contributed by atoms with Gasteiger partial charge in [-0.05, 0) is 13.8 Å². The minimum atomic E-state index is -0.0741. The van der Waals surface area contributed by atoms with Gasteiger partial charge >= 0.3 is 0 Å². The normalized spacial score (nSPS) is 13.2. The summed E-state index contributed by atoms with van der Waals surface area (Å²) in [5.74, 6) is 0. The standard InChI is InChI=1S/C5H11NOS/c1-3-7-4(2)5(6)8/h4H,3H2,1-2H3,(H2,6,8)/t4-/m0/s1. The molecule has 0 aliphatic rings. The van der Waals surface area contributed by atoms with Gasteiger partial charge in [-0.2, -0.15) is 0 Å². The molecule has 0 spiro atoms. The predicted octanol–water partition coefficient (Wildman–Crippen LogP) is 0.698. The maximum absolute atomic E-state index is 5.23. The second-order valence-corrected chi connectivity index (χ2v) is 1.97. The van der Waals surface area contributed by atoms with E-state index in [1.807, 2.05) is 13.8 Å². The number of hydrogen-bond acceptors (Lipinski definition) is 2. The van der Waals surface area contributed by atoms with Crippen molar-refractivity contribution in [1.29, 1.82) is 0 Å². The lowest BCUT2D eigenvalue weighted by atomic mass is 10.4. The SMILES string of the molecule is CCO[C@@H](C)C(N)=S. The third-order valence-corrected chi connectivity index (χ3v) is 1.15. The first-order chi connectivity index (χ1) is 3.68. The Morgan fingerprint density at radius 1 is 1.88 bits per heavy atom. The van der Waals surface area contributed by atoms with Crippen molar-refractivity contribution >= 4 is 17.2 Å². The van der Waals surface area contributed by atoms with Crippen molar-refractivity contribution in [2.75, 3.05) is 6.61 Å². The van der Waals surface area contributed by atoms with E-state index in [-0.39, 0.29) is 6.10 Å². The Balaban J connectivity index is 3.32. The van der Waals surface area contributed by atoms with Gasteiger partial charge in [-0.3, -0.25) is 0 Å². The van der Waals surface area contributed by atoms with E-state index in [0.717, 1.165) is 0 Å². The van der Waals surface area contributed by atoms with Crippen LogP contribution in [0.1, 0.15) is 13.8 Å². The highest BCUT2D eigenvalue weighted by atomic mass is 32.1. The molecule has 0 aliphatic heterocycles. The van der Waals surface area contributed by atoms with Gasteiger partial charge in [0.2, 0.25) is 0 Å². The van der Waals surface area contributed by atoms with Gasteiger partial charge in [0.05, 0.1) is 0 Å². The van der Waals surface area contributed by atoms with E-state index < -0.39 is 0 Å². The summed E-state index contributed by atoms with van der Waals surface area (Å²) in [7, 11) is 0. The first kappa shape index (κ1) is 7.85. The van der Waals surface area contributed by atoms with Gasteiger partial charge in [0.15, 0.2) is 0 Å². The Morgan fingerprint density at radius 2 is 2.38 bits per heavy atom. The van der Waals surface area contributed by atoms with Crippen LogP contribution in [0, 0.1) is 0 Å². The number of rotatable bonds is 3. The van der Waals surface area contributed by atoms with Gasteiger partial charge in [0.25, 0.3) is 0 Å². The summed E-state index contributed by atoms with van der Waals surface area (Å²) >= 11 is 4.64. The highest BCUT2D eigenvalue weighted by molar-refractivity contribution is 7.80. The van der Waals surface area contributed by atoms with Crippen LogP contribution >= 0.6 is 12.2 Å². The van der Waals surface area contributed by atoms with E-state index in [9.17, 15) is 0 Å². The molecule has 0 radical (unpaired) electrons. The van der Waals surface area contributed by atoms with Crippen molar-refractivity contribution in [2.45, 2.75) is 20.0 Å². The number of hydrogen-bond donors (Lipinski definition) is 1. The maximum Gasteiger partial charge on any atom is 0.104 e. The quantitative estimate of drug-likeness (QED) is 0.575. The van der Waals surface area contributed by atoms with Crippen LogP contribution in [0.3, 0.4) is 0 Å². The molecule has 0 saturated heterocycles.